The minimum atomic E-state index is 0.468. The van der Waals surface area contributed by atoms with Crippen LogP contribution in [0.4, 0.5) is 0 Å². The van der Waals surface area contributed by atoms with Crippen molar-refractivity contribution in [2.45, 2.75) is 26.2 Å². The number of rotatable bonds is 0. The van der Waals surface area contributed by atoms with Crippen LogP contribution in [0.5, 0.6) is 0 Å². The molecule has 0 spiro atoms. The summed E-state index contributed by atoms with van der Waals surface area (Å²) in [5.41, 5.74) is 0. The lowest BCUT2D eigenvalue weighted by Crippen LogP contribution is -2.16. The largest absolute Gasteiger partial charge is 0.299 e. The molecule has 0 aliphatic heterocycles. The first-order chi connectivity index (χ1) is 4.27. The Bertz CT molecular complexity index is 151. The molecule has 0 radical (unpaired) electrons. The van der Waals surface area contributed by atoms with E-state index in [2.05, 4.69) is 6.92 Å². The zero-order valence-electron chi connectivity index (χ0n) is 5.76. The number of ketones is 1. The Morgan fingerprint density at radius 1 is 1.44 bits per heavy atom. The first-order valence-corrected chi connectivity index (χ1v) is 3.80. The van der Waals surface area contributed by atoms with E-state index in [1.165, 1.54) is 12.8 Å². The summed E-state index contributed by atoms with van der Waals surface area (Å²) in [6.45, 7) is 2.21. The van der Waals surface area contributed by atoms with Crippen LogP contribution in [0, 0.1) is 17.8 Å². The van der Waals surface area contributed by atoms with Gasteiger partial charge in [0.05, 0.1) is 0 Å². The van der Waals surface area contributed by atoms with Gasteiger partial charge in [-0.15, -0.1) is 0 Å². The number of Topliss-reactive ketones (excluding diaryl/α,β-unsaturated/α-hetero) is 1. The van der Waals surface area contributed by atoms with Gasteiger partial charge in [0.1, 0.15) is 5.78 Å². The van der Waals surface area contributed by atoms with Crippen molar-refractivity contribution < 1.29 is 4.79 Å². The summed E-state index contributed by atoms with van der Waals surface area (Å²) in [6.07, 6.45) is 3.42. The number of fused-ring (bicyclic) bond motifs is 2. The minimum Gasteiger partial charge on any atom is -0.299 e. The van der Waals surface area contributed by atoms with Gasteiger partial charge in [0.2, 0.25) is 0 Å². The summed E-state index contributed by atoms with van der Waals surface area (Å²) in [4.78, 5) is 11.0. The van der Waals surface area contributed by atoms with Crippen molar-refractivity contribution >= 4 is 5.78 Å². The Balaban J connectivity index is 2.21. The summed E-state index contributed by atoms with van der Waals surface area (Å²) in [5, 5.41) is 0. The van der Waals surface area contributed by atoms with E-state index >= 15 is 0 Å². The van der Waals surface area contributed by atoms with Crippen LogP contribution in [0.3, 0.4) is 0 Å². The number of hydrogen-bond acceptors (Lipinski definition) is 1. The summed E-state index contributed by atoms with van der Waals surface area (Å²) in [5.74, 6) is 2.49. The van der Waals surface area contributed by atoms with Gasteiger partial charge in [-0.05, 0) is 24.7 Å². The summed E-state index contributed by atoms with van der Waals surface area (Å²) < 4.78 is 0. The van der Waals surface area contributed by atoms with Crippen LogP contribution < -0.4 is 0 Å². The van der Waals surface area contributed by atoms with Crippen LogP contribution in [0.15, 0.2) is 0 Å². The standard InChI is InChI=1S/C8H12O/c1-5-2-6-3-7(5)8(9)4-6/h5-7H,2-4H2,1H3. The molecule has 0 aromatic rings. The molecule has 2 saturated carbocycles. The van der Waals surface area contributed by atoms with Gasteiger partial charge < -0.3 is 0 Å². The SMILES string of the molecule is CC1CC2CC(=O)C1C2. The molecule has 2 fully saturated rings. The third kappa shape index (κ3) is 0.637. The second-order valence-corrected chi connectivity index (χ2v) is 3.59. The molecule has 2 aliphatic carbocycles. The molecule has 1 nitrogen and oxygen atoms in total. The lowest BCUT2D eigenvalue weighted by Gasteiger charge is -2.14. The van der Waals surface area contributed by atoms with Crippen LogP contribution in [-0.4, -0.2) is 5.78 Å². The van der Waals surface area contributed by atoms with Gasteiger partial charge in [-0.1, -0.05) is 6.92 Å². The molecule has 0 heterocycles. The lowest BCUT2D eigenvalue weighted by molar-refractivity contribution is -0.123. The topological polar surface area (TPSA) is 17.1 Å². The Morgan fingerprint density at radius 3 is 2.56 bits per heavy atom. The molecule has 2 bridgehead atoms. The van der Waals surface area contributed by atoms with Gasteiger partial charge in [0.25, 0.3) is 0 Å². The van der Waals surface area contributed by atoms with E-state index in [9.17, 15) is 4.79 Å². The maximum absolute atomic E-state index is 11.0. The van der Waals surface area contributed by atoms with Crippen molar-refractivity contribution in [3.63, 3.8) is 0 Å². The molecule has 0 saturated heterocycles. The molecule has 0 aromatic carbocycles. The van der Waals surface area contributed by atoms with Crippen LogP contribution in [0.2, 0.25) is 0 Å². The maximum Gasteiger partial charge on any atom is 0.136 e. The van der Waals surface area contributed by atoms with Crippen molar-refractivity contribution in [3.8, 4) is 0 Å². The van der Waals surface area contributed by atoms with Gasteiger partial charge >= 0.3 is 0 Å². The molecular formula is C8H12O. The van der Waals surface area contributed by atoms with Crippen LogP contribution >= 0.6 is 0 Å². The van der Waals surface area contributed by atoms with Gasteiger partial charge in [0, 0.05) is 12.3 Å². The minimum absolute atomic E-state index is 0.468. The highest BCUT2D eigenvalue weighted by Gasteiger charge is 2.42. The highest BCUT2D eigenvalue weighted by Crippen LogP contribution is 2.45. The zero-order valence-corrected chi connectivity index (χ0v) is 5.76. The molecule has 0 amide bonds. The van der Waals surface area contributed by atoms with E-state index in [-0.39, 0.29) is 0 Å². The molecule has 3 unspecified atom stereocenters. The monoisotopic (exact) mass is 124 g/mol. The van der Waals surface area contributed by atoms with Crippen LogP contribution in [0.1, 0.15) is 26.2 Å². The van der Waals surface area contributed by atoms with E-state index in [1.54, 1.807) is 0 Å². The predicted octanol–water partition coefficient (Wildman–Crippen LogP) is 1.62. The van der Waals surface area contributed by atoms with Gasteiger partial charge in [-0.2, -0.15) is 0 Å². The van der Waals surface area contributed by atoms with Crippen molar-refractivity contribution in [3.05, 3.63) is 0 Å². The molecule has 0 aromatic heterocycles. The lowest BCUT2D eigenvalue weighted by atomic mass is 9.90. The second-order valence-electron chi connectivity index (χ2n) is 3.59. The average Bonchev–Trinajstić information content (AvgIpc) is 2.22. The normalized spacial score (nSPS) is 48.6. The molecule has 0 N–H and O–H groups in total. The van der Waals surface area contributed by atoms with Gasteiger partial charge in [-0.25, -0.2) is 0 Å². The van der Waals surface area contributed by atoms with Crippen LogP contribution in [0.25, 0.3) is 0 Å². The molecule has 2 aliphatic rings. The smallest absolute Gasteiger partial charge is 0.136 e. The number of carbonyl (C=O) groups is 1. The Hall–Kier alpha value is -0.330. The Morgan fingerprint density at radius 2 is 2.22 bits per heavy atom. The van der Waals surface area contributed by atoms with E-state index in [0.29, 0.717) is 17.6 Å². The van der Waals surface area contributed by atoms with Gasteiger partial charge in [-0.3, -0.25) is 4.79 Å². The Labute approximate surface area is 55.4 Å². The molecule has 3 atom stereocenters. The summed E-state index contributed by atoms with van der Waals surface area (Å²) >= 11 is 0. The third-order valence-corrected chi connectivity index (χ3v) is 2.88. The fourth-order valence-electron chi connectivity index (χ4n) is 2.43. The van der Waals surface area contributed by atoms with Crippen molar-refractivity contribution in [2.24, 2.45) is 17.8 Å². The molecule has 9 heavy (non-hydrogen) atoms. The first-order valence-electron chi connectivity index (χ1n) is 3.80. The molecule has 50 valence electrons. The van der Waals surface area contributed by atoms with E-state index in [4.69, 9.17) is 0 Å². The number of carbonyl (C=O) groups excluding carboxylic acids is 1. The maximum atomic E-state index is 11.0. The summed E-state index contributed by atoms with van der Waals surface area (Å²) in [6, 6.07) is 0. The van der Waals surface area contributed by atoms with Crippen molar-refractivity contribution in [1.82, 2.24) is 0 Å². The third-order valence-electron chi connectivity index (χ3n) is 2.88. The molecular weight excluding hydrogens is 112 g/mol. The highest BCUT2D eigenvalue weighted by molar-refractivity contribution is 5.84. The van der Waals surface area contributed by atoms with Crippen molar-refractivity contribution in [2.75, 3.05) is 0 Å². The van der Waals surface area contributed by atoms with Gasteiger partial charge in [0.15, 0.2) is 0 Å². The fourth-order valence-corrected chi connectivity index (χ4v) is 2.43. The highest BCUT2D eigenvalue weighted by atomic mass is 16.1. The van der Waals surface area contributed by atoms with E-state index < -0.39 is 0 Å². The average molecular weight is 124 g/mol. The molecule has 2 rings (SSSR count). The zero-order chi connectivity index (χ0) is 6.43. The summed E-state index contributed by atoms with van der Waals surface area (Å²) in [7, 11) is 0. The quantitative estimate of drug-likeness (QED) is 0.479. The predicted molar refractivity (Wildman–Crippen MR) is 35.0 cm³/mol. The molecule has 1 heteroatoms. The van der Waals surface area contributed by atoms with E-state index in [1.807, 2.05) is 0 Å². The fraction of sp³-hybridized carbons (Fsp3) is 0.875. The first kappa shape index (κ1) is 5.45. The van der Waals surface area contributed by atoms with Crippen molar-refractivity contribution in [1.29, 1.82) is 0 Å². The van der Waals surface area contributed by atoms with Crippen LogP contribution in [-0.2, 0) is 4.79 Å². The van der Waals surface area contributed by atoms with E-state index in [0.717, 1.165) is 12.3 Å². The number of hydrogen-bond donors (Lipinski definition) is 0. The second kappa shape index (κ2) is 1.59. The Kier molecular flexibility index (Phi) is 0.961.